The molecule has 1 fully saturated rings. The average molecular weight is 396 g/mol. The van der Waals surface area contributed by atoms with Gasteiger partial charge in [-0.25, -0.2) is 0 Å². The Kier molecular flexibility index (Phi) is 7.72. The number of nitrogens with zero attached hydrogens (tertiary/aromatic N) is 2. The Morgan fingerprint density at radius 3 is 2.38 bits per heavy atom. The van der Waals surface area contributed by atoms with E-state index in [2.05, 4.69) is 50.4 Å². The third-order valence-corrected chi connectivity index (χ3v) is 4.92. The first-order chi connectivity index (χ1) is 11.6. The molecule has 0 unspecified atom stereocenters. The van der Waals surface area contributed by atoms with Crippen molar-refractivity contribution in [2.45, 2.75) is 25.7 Å². The molecule has 2 amide bonds. The SMILES string of the molecule is CNC(=O)CN1CCN(C(=O)CCCCc2ccc(Br)cc2)CC1. The molecular weight excluding hydrogens is 370 g/mol. The fraction of sp³-hybridized carbons (Fsp3) is 0.556. The van der Waals surface area contributed by atoms with Crippen molar-refractivity contribution < 1.29 is 9.59 Å². The number of hydrogen-bond acceptors (Lipinski definition) is 3. The van der Waals surface area contributed by atoms with Crippen LogP contribution in [0.25, 0.3) is 0 Å². The monoisotopic (exact) mass is 395 g/mol. The van der Waals surface area contributed by atoms with E-state index in [4.69, 9.17) is 0 Å². The lowest BCUT2D eigenvalue weighted by Crippen LogP contribution is -2.50. The second-order valence-corrected chi connectivity index (χ2v) is 7.08. The number of benzene rings is 1. The molecule has 1 saturated heterocycles. The van der Waals surface area contributed by atoms with Gasteiger partial charge < -0.3 is 10.2 Å². The minimum Gasteiger partial charge on any atom is -0.358 e. The summed E-state index contributed by atoms with van der Waals surface area (Å²) >= 11 is 3.44. The minimum atomic E-state index is 0.0303. The maximum absolute atomic E-state index is 12.3. The molecule has 0 atom stereocenters. The van der Waals surface area contributed by atoms with E-state index in [1.807, 2.05) is 4.90 Å². The molecule has 0 aliphatic carbocycles. The van der Waals surface area contributed by atoms with E-state index in [1.54, 1.807) is 7.05 Å². The van der Waals surface area contributed by atoms with Crippen LogP contribution in [0.15, 0.2) is 28.7 Å². The number of aryl methyl sites for hydroxylation is 1. The van der Waals surface area contributed by atoms with E-state index in [-0.39, 0.29) is 11.8 Å². The zero-order valence-corrected chi connectivity index (χ0v) is 15.8. The summed E-state index contributed by atoms with van der Waals surface area (Å²) in [6.07, 6.45) is 3.59. The highest BCUT2D eigenvalue weighted by atomic mass is 79.9. The zero-order valence-electron chi connectivity index (χ0n) is 14.3. The summed E-state index contributed by atoms with van der Waals surface area (Å²) in [5.74, 6) is 0.271. The summed E-state index contributed by atoms with van der Waals surface area (Å²) < 4.78 is 1.09. The number of amides is 2. The molecule has 2 rings (SSSR count). The van der Waals surface area contributed by atoms with E-state index >= 15 is 0 Å². The smallest absolute Gasteiger partial charge is 0.233 e. The Bertz CT molecular complexity index is 540. The highest BCUT2D eigenvalue weighted by Crippen LogP contribution is 2.13. The van der Waals surface area contributed by atoms with Gasteiger partial charge in [0.2, 0.25) is 11.8 Å². The van der Waals surface area contributed by atoms with Gasteiger partial charge >= 0.3 is 0 Å². The Balaban J connectivity index is 1.61. The fourth-order valence-corrected chi connectivity index (χ4v) is 3.12. The Labute approximate surface area is 152 Å². The first-order valence-electron chi connectivity index (χ1n) is 8.53. The number of nitrogens with one attached hydrogen (secondary N) is 1. The summed E-state index contributed by atoms with van der Waals surface area (Å²) in [7, 11) is 1.65. The Hall–Kier alpha value is -1.40. The van der Waals surface area contributed by atoms with Crippen molar-refractivity contribution in [1.82, 2.24) is 15.1 Å². The van der Waals surface area contributed by atoms with E-state index < -0.39 is 0 Å². The maximum Gasteiger partial charge on any atom is 0.233 e. The number of hydrogen-bond donors (Lipinski definition) is 1. The van der Waals surface area contributed by atoms with Gasteiger partial charge in [0.15, 0.2) is 0 Å². The van der Waals surface area contributed by atoms with Crippen molar-refractivity contribution in [3.05, 3.63) is 34.3 Å². The number of carbonyl (C=O) groups excluding carboxylic acids is 2. The third kappa shape index (κ3) is 6.24. The molecule has 1 aliphatic heterocycles. The van der Waals surface area contributed by atoms with Gasteiger partial charge in [-0.3, -0.25) is 14.5 Å². The number of likely N-dealkylation sites (N-methyl/N-ethyl adjacent to an activating group) is 1. The molecule has 0 aromatic heterocycles. The van der Waals surface area contributed by atoms with Gasteiger partial charge in [0.1, 0.15) is 0 Å². The molecule has 0 bridgehead atoms. The van der Waals surface area contributed by atoms with Crippen molar-refractivity contribution in [3.8, 4) is 0 Å². The van der Waals surface area contributed by atoms with Crippen LogP contribution in [-0.4, -0.2) is 61.4 Å². The number of piperazine rings is 1. The van der Waals surface area contributed by atoms with Crippen LogP contribution in [0.2, 0.25) is 0 Å². The molecule has 1 N–H and O–H groups in total. The van der Waals surface area contributed by atoms with E-state index in [0.717, 1.165) is 49.9 Å². The summed E-state index contributed by atoms with van der Waals surface area (Å²) in [4.78, 5) is 27.7. The molecule has 1 aromatic rings. The predicted octanol–water partition coefficient (Wildman–Crippen LogP) is 2.05. The summed E-state index contributed by atoms with van der Waals surface area (Å²) in [5.41, 5.74) is 1.31. The number of carbonyl (C=O) groups is 2. The van der Waals surface area contributed by atoms with Gasteiger partial charge in [-0.2, -0.15) is 0 Å². The molecule has 6 heteroatoms. The van der Waals surface area contributed by atoms with Gasteiger partial charge in [0.05, 0.1) is 6.54 Å². The van der Waals surface area contributed by atoms with Crippen molar-refractivity contribution in [1.29, 1.82) is 0 Å². The molecule has 0 radical (unpaired) electrons. The van der Waals surface area contributed by atoms with Crippen LogP contribution in [0.3, 0.4) is 0 Å². The van der Waals surface area contributed by atoms with Crippen LogP contribution in [0.4, 0.5) is 0 Å². The quantitative estimate of drug-likeness (QED) is 0.718. The van der Waals surface area contributed by atoms with Gasteiger partial charge in [0, 0.05) is 44.1 Å². The fourth-order valence-electron chi connectivity index (χ4n) is 2.85. The standard InChI is InChI=1S/C18H26BrN3O2/c1-20-17(23)14-21-10-12-22(13-11-21)18(24)5-3-2-4-15-6-8-16(19)9-7-15/h6-9H,2-5,10-14H2,1H3,(H,20,23). The van der Waals surface area contributed by atoms with Crippen molar-refractivity contribution >= 4 is 27.7 Å². The second-order valence-electron chi connectivity index (χ2n) is 6.16. The number of halogens is 1. The molecule has 1 heterocycles. The molecular formula is C18H26BrN3O2. The van der Waals surface area contributed by atoms with Crippen molar-refractivity contribution in [2.75, 3.05) is 39.8 Å². The molecule has 0 spiro atoms. The molecule has 24 heavy (non-hydrogen) atoms. The molecule has 1 aromatic carbocycles. The van der Waals surface area contributed by atoms with Crippen LogP contribution < -0.4 is 5.32 Å². The summed E-state index contributed by atoms with van der Waals surface area (Å²) in [6.45, 7) is 3.42. The molecule has 1 aliphatic rings. The van der Waals surface area contributed by atoms with Gasteiger partial charge in [0.25, 0.3) is 0 Å². The topological polar surface area (TPSA) is 52.7 Å². The number of rotatable bonds is 7. The minimum absolute atomic E-state index is 0.0303. The molecule has 0 saturated carbocycles. The summed E-state index contributed by atoms with van der Waals surface area (Å²) in [5, 5.41) is 2.63. The lowest BCUT2D eigenvalue weighted by atomic mass is 10.1. The lowest BCUT2D eigenvalue weighted by molar-refractivity contribution is -0.133. The van der Waals surface area contributed by atoms with Crippen LogP contribution in [0, 0.1) is 0 Å². The Morgan fingerprint density at radius 2 is 1.75 bits per heavy atom. The molecule has 132 valence electrons. The highest BCUT2D eigenvalue weighted by Gasteiger charge is 2.21. The van der Waals surface area contributed by atoms with Crippen LogP contribution >= 0.6 is 15.9 Å². The van der Waals surface area contributed by atoms with Crippen LogP contribution in [0.5, 0.6) is 0 Å². The zero-order chi connectivity index (χ0) is 17.4. The number of unbranched alkanes of at least 4 members (excludes halogenated alkanes) is 1. The normalized spacial score (nSPS) is 15.3. The molecule has 5 nitrogen and oxygen atoms in total. The summed E-state index contributed by atoms with van der Waals surface area (Å²) in [6, 6.07) is 8.35. The Morgan fingerprint density at radius 1 is 1.08 bits per heavy atom. The predicted molar refractivity (Wildman–Crippen MR) is 98.8 cm³/mol. The highest BCUT2D eigenvalue weighted by molar-refractivity contribution is 9.10. The first kappa shape index (κ1) is 18.9. The lowest BCUT2D eigenvalue weighted by Gasteiger charge is -2.34. The van der Waals surface area contributed by atoms with Crippen LogP contribution in [0.1, 0.15) is 24.8 Å². The van der Waals surface area contributed by atoms with Crippen molar-refractivity contribution in [3.63, 3.8) is 0 Å². The van der Waals surface area contributed by atoms with E-state index in [1.165, 1.54) is 5.56 Å². The maximum atomic E-state index is 12.3. The van der Waals surface area contributed by atoms with Crippen LogP contribution in [-0.2, 0) is 16.0 Å². The van der Waals surface area contributed by atoms with Gasteiger partial charge in [-0.1, -0.05) is 28.1 Å². The van der Waals surface area contributed by atoms with E-state index in [9.17, 15) is 9.59 Å². The average Bonchev–Trinajstić information content (AvgIpc) is 2.60. The van der Waals surface area contributed by atoms with Gasteiger partial charge in [-0.15, -0.1) is 0 Å². The second kappa shape index (κ2) is 9.79. The van der Waals surface area contributed by atoms with Gasteiger partial charge in [-0.05, 0) is 37.0 Å². The van der Waals surface area contributed by atoms with E-state index in [0.29, 0.717) is 13.0 Å². The third-order valence-electron chi connectivity index (χ3n) is 4.39. The first-order valence-corrected chi connectivity index (χ1v) is 9.33. The largest absolute Gasteiger partial charge is 0.358 e. The van der Waals surface area contributed by atoms with Crippen molar-refractivity contribution in [2.24, 2.45) is 0 Å².